The number of carbonyl (C=O) groups is 2. The van der Waals surface area contributed by atoms with E-state index in [0.717, 1.165) is 22.5 Å². The zero-order chi connectivity index (χ0) is 26.6. The van der Waals surface area contributed by atoms with E-state index >= 15 is 0 Å². The van der Waals surface area contributed by atoms with Crippen molar-refractivity contribution >= 4 is 50.7 Å². The van der Waals surface area contributed by atoms with Gasteiger partial charge in [-0.2, -0.15) is 0 Å². The summed E-state index contributed by atoms with van der Waals surface area (Å²) in [5, 5.41) is 3.56. The number of aryl methyl sites for hydroxylation is 1. The SMILES string of the molecule is CCc1ccc(N(CC(=O)N(Cc2ccc(Cl)c(Cl)c2)[C@@H](C)C(=O)NC(C)(C)C)S(C)(=O)=O)cc1. The van der Waals surface area contributed by atoms with Crippen LogP contribution in [0.3, 0.4) is 0 Å². The molecule has 2 amide bonds. The number of hydrogen-bond acceptors (Lipinski definition) is 4. The average molecular weight is 543 g/mol. The van der Waals surface area contributed by atoms with Crippen molar-refractivity contribution in [2.45, 2.75) is 59.2 Å². The standard InChI is InChI=1S/C25H33Cl2N3O4S/c1-7-18-8-11-20(12-9-18)30(35(6,33)34)16-23(31)29(17(2)24(32)28-25(3,4)5)15-19-10-13-21(26)22(27)14-19/h8-14,17H,7,15-16H2,1-6H3,(H,28,32)/t17-/m0/s1. The van der Waals surface area contributed by atoms with Crippen molar-refractivity contribution in [1.82, 2.24) is 10.2 Å². The largest absolute Gasteiger partial charge is 0.350 e. The van der Waals surface area contributed by atoms with E-state index in [1.165, 1.54) is 4.90 Å². The Morgan fingerprint density at radius 3 is 2.06 bits per heavy atom. The molecule has 0 radical (unpaired) electrons. The molecule has 0 fully saturated rings. The number of nitrogens with one attached hydrogen (secondary N) is 1. The third-order valence-electron chi connectivity index (χ3n) is 5.31. The number of benzene rings is 2. The van der Waals surface area contributed by atoms with Gasteiger partial charge in [0.25, 0.3) is 0 Å². The minimum Gasteiger partial charge on any atom is -0.350 e. The first-order valence-electron chi connectivity index (χ1n) is 11.2. The maximum atomic E-state index is 13.5. The van der Waals surface area contributed by atoms with Crippen LogP contribution in [0.25, 0.3) is 0 Å². The van der Waals surface area contributed by atoms with Crippen molar-refractivity contribution in [3.05, 3.63) is 63.6 Å². The van der Waals surface area contributed by atoms with E-state index in [1.807, 2.05) is 39.8 Å². The summed E-state index contributed by atoms with van der Waals surface area (Å²) in [7, 11) is -3.78. The Bertz CT molecular complexity index is 1160. The highest BCUT2D eigenvalue weighted by Crippen LogP contribution is 2.25. The van der Waals surface area contributed by atoms with Gasteiger partial charge in [0.1, 0.15) is 12.6 Å². The lowest BCUT2D eigenvalue weighted by molar-refractivity contribution is -0.140. The molecule has 1 N–H and O–H groups in total. The summed E-state index contributed by atoms with van der Waals surface area (Å²) in [6.45, 7) is 8.71. The topological polar surface area (TPSA) is 86.8 Å². The molecule has 0 saturated heterocycles. The van der Waals surface area contributed by atoms with Crippen molar-refractivity contribution in [2.24, 2.45) is 0 Å². The van der Waals surface area contributed by atoms with E-state index in [-0.39, 0.29) is 12.5 Å². The van der Waals surface area contributed by atoms with Crippen LogP contribution in [0.5, 0.6) is 0 Å². The van der Waals surface area contributed by atoms with E-state index in [0.29, 0.717) is 21.3 Å². The molecule has 0 spiro atoms. The summed E-state index contributed by atoms with van der Waals surface area (Å²) in [6, 6.07) is 11.1. The fraction of sp³-hybridized carbons (Fsp3) is 0.440. The molecule has 10 heteroatoms. The van der Waals surface area contributed by atoms with Gasteiger partial charge in [-0.3, -0.25) is 13.9 Å². The number of nitrogens with zero attached hydrogens (tertiary/aromatic N) is 2. The molecule has 2 aromatic rings. The molecule has 192 valence electrons. The van der Waals surface area contributed by atoms with E-state index in [9.17, 15) is 18.0 Å². The number of carbonyl (C=O) groups excluding carboxylic acids is 2. The number of halogens is 2. The molecule has 0 aliphatic carbocycles. The van der Waals surface area contributed by atoms with Crippen LogP contribution in [0.15, 0.2) is 42.5 Å². The van der Waals surface area contributed by atoms with Gasteiger partial charge in [0, 0.05) is 12.1 Å². The molecular formula is C25H33Cl2N3O4S. The fourth-order valence-electron chi connectivity index (χ4n) is 3.40. The molecular weight excluding hydrogens is 509 g/mol. The summed E-state index contributed by atoms with van der Waals surface area (Å²) in [5.41, 5.74) is 1.56. The molecule has 2 rings (SSSR count). The number of sulfonamides is 1. The van der Waals surface area contributed by atoms with Crippen LogP contribution in [-0.2, 0) is 32.6 Å². The van der Waals surface area contributed by atoms with Crippen LogP contribution in [-0.4, -0.2) is 49.5 Å². The van der Waals surface area contributed by atoms with Crippen LogP contribution < -0.4 is 9.62 Å². The van der Waals surface area contributed by atoms with Gasteiger partial charge in [0.2, 0.25) is 21.8 Å². The second kappa shape index (κ2) is 11.6. The van der Waals surface area contributed by atoms with Gasteiger partial charge < -0.3 is 10.2 Å². The van der Waals surface area contributed by atoms with Gasteiger partial charge in [-0.25, -0.2) is 8.42 Å². The lowest BCUT2D eigenvalue weighted by atomic mass is 10.1. The smallest absolute Gasteiger partial charge is 0.244 e. The summed E-state index contributed by atoms with van der Waals surface area (Å²) < 4.78 is 26.3. The van der Waals surface area contributed by atoms with Crippen LogP contribution in [0, 0.1) is 0 Å². The first kappa shape index (κ1) is 28.9. The van der Waals surface area contributed by atoms with Crippen LogP contribution in [0.4, 0.5) is 5.69 Å². The zero-order valence-electron chi connectivity index (χ0n) is 20.9. The lowest BCUT2D eigenvalue weighted by Gasteiger charge is -2.33. The maximum absolute atomic E-state index is 13.5. The van der Waals surface area contributed by atoms with E-state index in [4.69, 9.17) is 23.2 Å². The van der Waals surface area contributed by atoms with Gasteiger partial charge in [0.05, 0.1) is 22.0 Å². The average Bonchev–Trinajstić information content (AvgIpc) is 2.75. The van der Waals surface area contributed by atoms with E-state index in [2.05, 4.69) is 5.32 Å². The van der Waals surface area contributed by atoms with Gasteiger partial charge in [0.15, 0.2) is 0 Å². The van der Waals surface area contributed by atoms with Crippen LogP contribution in [0.1, 0.15) is 45.7 Å². The van der Waals surface area contributed by atoms with E-state index < -0.39 is 34.1 Å². The molecule has 0 heterocycles. The first-order valence-corrected chi connectivity index (χ1v) is 13.8. The van der Waals surface area contributed by atoms with Crippen LogP contribution >= 0.6 is 23.2 Å². The molecule has 1 atom stereocenters. The predicted octanol–water partition coefficient (Wildman–Crippen LogP) is 4.65. The minimum absolute atomic E-state index is 0.0425. The Hall–Kier alpha value is -2.29. The Balaban J connectivity index is 2.42. The lowest BCUT2D eigenvalue weighted by Crippen LogP contribution is -2.54. The van der Waals surface area contributed by atoms with Crippen molar-refractivity contribution in [1.29, 1.82) is 0 Å². The number of anilines is 1. The third-order valence-corrected chi connectivity index (χ3v) is 7.19. The Kier molecular flexibility index (Phi) is 9.62. The number of rotatable bonds is 9. The van der Waals surface area contributed by atoms with Crippen molar-refractivity contribution in [3.8, 4) is 0 Å². The third kappa shape index (κ3) is 8.40. The Morgan fingerprint density at radius 1 is 1.00 bits per heavy atom. The van der Waals surface area contributed by atoms with Crippen molar-refractivity contribution < 1.29 is 18.0 Å². The highest BCUT2D eigenvalue weighted by Gasteiger charge is 2.31. The second-order valence-electron chi connectivity index (χ2n) is 9.47. The summed E-state index contributed by atoms with van der Waals surface area (Å²) >= 11 is 12.2. The second-order valence-corrected chi connectivity index (χ2v) is 12.2. The van der Waals surface area contributed by atoms with Gasteiger partial charge in [-0.15, -0.1) is 0 Å². The van der Waals surface area contributed by atoms with Crippen molar-refractivity contribution in [2.75, 3.05) is 17.1 Å². The summed E-state index contributed by atoms with van der Waals surface area (Å²) in [6.07, 6.45) is 1.85. The Morgan fingerprint density at radius 2 is 1.57 bits per heavy atom. The number of hydrogen-bond donors (Lipinski definition) is 1. The summed E-state index contributed by atoms with van der Waals surface area (Å²) in [5.74, 6) is -0.887. The molecule has 0 aromatic heterocycles. The van der Waals surface area contributed by atoms with Crippen molar-refractivity contribution in [3.63, 3.8) is 0 Å². The fourth-order valence-corrected chi connectivity index (χ4v) is 4.57. The predicted molar refractivity (Wildman–Crippen MR) is 142 cm³/mol. The maximum Gasteiger partial charge on any atom is 0.244 e. The molecule has 0 unspecified atom stereocenters. The molecule has 2 aromatic carbocycles. The monoisotopic (exact) mass is 541 g/mol. The van der Waals surface area contributed by atoms with Gasteiger partial charge in [-0.05, 0) is 69.5 Å². The zero-order valence-corrected chi connectivity index (χ0v) is 23.3. The molecule has 0 saturated carbocycles. The molecule has 35 heavy (non-hydrogen) atoms. The van der Waals surface area contributed by atoms with Crippen LogP contribution in [0.2, 0.25) is 10.0 Å². The summed E-state index contributed by atoms with van der Waals surface area (Å²) in [4.78, 5) is 27.8. The normalized spacial score (nSPS) is 12.7. The van der Waals surface area contributed by atoms with Gasteiger partial charge in [-0.1, -0.05) is 48.3 Å². The Labute approximate surface area is 218 Å². The molecule has 7 nitrogen and oxygen atoms in total. The molecule has 0 aliphatic rings. The van der Waals surface area contributed by atoms with E-state index in [1.54, 1.807) is 37.3 Å². The quantitative estimate of drug-likeness (QED) is 0.500. The highest BCUT2D eigenvalue weighted by atomic mass is 35.5. The molecule has 0 bridgehead atoms. The van der Waals surface area contributed by atoms with Gasteiger partial charge >= 0.3 is 0 Å². The number of amides is 2. The molecule has 0 aliphatic heterocycles. The minimum atomic E-state index is -3.78. The highest BCUT2D eigenvalue weighted by molar-refractivity contribution is 7.92. The first-order chi connectivity index (χ1) is 16.1.